The summed E-state index contributed by atoms with van der Waals surface area (Å²) in [5.41, 5.74) is 10.4. The summed E-state index contributed by atoms with van der Waals surface area (Å²) in [5.74, 6) is -3.83. The van der Waals surface area contributed by atoms with Crippen LogP contribution in [0.15, 0.2) is 51.9 Å². The zero-order valence-corrected chi connectivity index (χ0v) is 19.1. The van der Waals surface area contributed by atoms with Crippen molar-refractivity contribution in [2.45, 2.75) is 11.8 Å². The van der Waals surface area contributed by atoms with E-state index in [1.807, 2.05) is 0 Å². The normalized spacial score (nSPS) is 11.9. The summed E-state index contributed by atoms with van der Waals surface area (Å²) in [6.07, 6.45) is 1.22. The van der Waals surface area contributed by atoms with Gasteiger partial charge >= 0.3 is 6.03 Å². The van der Waals surface area contributed by atoms with E-state index in [0.717, 1.165) is 12.1 Å². The minimum Gasteiger partial charge on any atom is -0.451 e. The molecule has 13 heteroatoms. The lowest BCUT2D eigenvalue weighted by Crippen LogP contribution is -2.38. The molecule has 0 heterocycles. The van der Waals surface area contributed by atoms with Crippen LogP contribution in [0.1, 0.15) is 12.5 Å². The number of nitrogens with zero attached hydrogens (tertiary/aromatic N) is 1. The Morgan fingerprint density at radius 3 is 2.32 bits per heavy atom. The topological polar surface area (TPSA) is 158 Å². The fourth-order valence-electron chi connectivity index (χ4n) is 2.47. The Kier molecular flexibility index (Phi) is 9.64. The standard InChI is InChI=1S/C21H23F2N5O5S/c1-12(19(29)27-20(24)25)9-13-10-16(22)18(17(23)11-13)33-14-3-5-15(6-4-14)34(31)28-21(30)26-7-8-32-2/h3-6,9-11H,7-8H2,1-2H3,(H2,26,28,30)(H4,24,25,27,29)/b12-9+. The van der Waals surface area contributed by atoms with Gasteiger partial charge in [-0.05, 0) is 55.0 Å². The maximum absolute atomic E-state index is 14.5. The molecule has 0 aliphatic carbocycles. The number of hydrogen-bond donors (Lipinski definition) is 4. The summed E-state index contributed by atoms with van der Waals surface area (Å²) in [6.45, 7) is 1.93. The first-order valence-electron chi connectivity index (χ1n) is 9.65. The van der Waals surface area contributed by atoms with Gasteiger partial charge in [0.2, 0.25) is 0 Å². The van der Waals surface area contributed by atoms with Gasteiger partial charge in [0.05, 0.1) is 11.5 Å². The number of rotatable bonds is 9. The van der Waals surface area contributed by atoms with Gasteiger partial charge in [0, 0.05) is 19.2 Å². The average Bonchev–Trinajstić information content (AvgIpc) is 2.76. The van der Waals surface area contributed by atoms with E-state index >= 15 is 0 Å². The number of aliphatic imine (C=N–C) groups is 1. The quantitative estimate of drug-likeness (QED) is 0.179. The highest BCUT2D eigenvalue weighted by Gasteiger charge is 2.15. The van der Waals surface area contributed by atoms with Gasteiger partial charge in [-0.3, -0.25) is 9.52 Å². The summed E-state index contributed by atoms with van der Waals surface area (Å²) in [6, 6.07) is 6.70. The van der Waals surface area contributed by atoms with E-state index in [1.54, 1.807) is 0 Å². The van der Waals surface area contributed by atoms with Crippen molar-refractivity contribution in [1.82, 2.24) is 10.0 Å². The molecular formula is C21H23F2N5O5S. The summed E-state index contributed by atoms with van der Waals surface area (Å²) >= 11 is 0. The second kappa shape index (κ2) is 12.4. The van der Waals surface area contributed by atoms with Gasteiger partial charge in [-0.2, -0.15) is 4.99 Å². The number of methoxy groups -OCH3 is 1. The lowest BCUT2D eigenvalue weighted by Gasteiger charge is -2.10. The summed E-state index contributed by atoms with van der Waals surface area (Å²) in [5, 5.41) is 2.46. The number of guanidine groups is 1. The molecule has 1 atom stereocenters. The second-order valence-corrected chi connectivity index (χ2v) is 7.89. The third-order valence-electron chi connectivity index (χ3n) is 4.01. The van der Waals surface area contributed by atoms with E-state index in [2.05, 4.69) is 15.0 Å². The molecule has 2 aromatic rings. The van der Waals surface area contributed by atoms with E-state index in [-0.39, 0.29) is 28.3 Å². The van der Waals surface area contributed by atoms with Gasteiger partial charge < -0.3 is 26.3 Å². The Morgan fingerprint density at radius 1 is 1.15 bits per heavy atom. The van der Waals surface area contributed by atoms with Crippen molar-refractivity contribution in [1.29, 1.82) is 0 Å². The van der Waals surface area contributed by atoms with Crippen LogP contribution in [0.5, 0.6) is 11.5 Å². The highest BCUT2D eigenvalue weighted by Crippen LogP contribution is 2.29. The second-order valence-electron chi connectivity index (χ2n) is 6.68. The number of carbonyl (C=O) groups is 2. The molecule has 0 saturated heterocycles. The van der Waals surface area contributed by atoms with Crippen molar-refractivity contribution < 1.29 is 32.1 Å². The third-order valence-corrected chi connectivity index (χ3v) is 5.08. The molecule has 0 aliphatic heterocycles. The van der Waals surface area contributed by atoms with Gasteiger partial charge in [0.25, 0.3) is 5.91 Å². The van der Waals surface area contributed by atoms with Gasteiger partial charge in [0.1, 0.15) is 5.75 Å². The number of nitrogens with one attached hydrogen (secondary N) is 2. The zero-order chi connectivity index (χ0) is 25.3. The van der Waals surface area contributed by atoms with E-state index in [1.165, 1.54) is 44.4 Å². The largest absolute Gasteiger partial charge is 0.451 e. The van der Waals surface area contributed by atoms with Crippen molar-refractivity contribution in [3.63, 3.8) is 0 Å². The Morgan fingerprint density at radius 2 is 1.76 bits per heavy atom. The first-order chi connectivity index (χ1) is 16.1. The van der Waals surface area contributed by atoms with Crippen LogP contribution >= 0.6 is 0 Å². The fraction of sp³-hybridized carbons (Fsp3) is 0.190. The first-order valence-corrected chi connectivity index (χ1v) is 10.8. The molecule has 0 saturated carbocycles. The van der Waals surface area contributed by atoms with Gasteiger partial charge in [-0.15, -0.1) is 0 Å². The zero-order valence-electron chi connectivity index (χ0n) is 18.3. The molecule has 182 valence electrons. The van der Waals surface area contributed by atoms with Crippen LogP contribution in [0.3, 0.4) is 0 Å². The van der Waals surface area contributed by atoms with Crippen molar-refractivity contribution in [2.24, 2.45) is 16.5 Å². The SMILES string of the molecule is COCCNC(=O)NS(=O)c1ccc(Oc2c(F)cc(/C=C(\C)C(=O)N=C(N)N)cc2F)cc1. The van der Waals surface area contributed by atoms with Crippen molar-refractivity contribution in [3.8, 4) is 11.5 Å². The molecular weight excluding hydrogens is 472 g/mol. The van der Waals surface area contributed by atoms with Crippen LogP contribution in [-0.4, -0.2) is 42.4 Å². The maximum Gasteiger partial charge on any atom is 0.326 e. The molecule has 6 N–H and O–H groups in total. The summed E-state index contributed by atoms with van der Waals surface area (Å²) < 4.78 is 53.5. The Labute approximate surface area is 196 Å². The molecule has 10 nitrogen and oxygen atoms in total. The molecule has 0 aliphatic rings. The number of ether oxygens (including phenoxy) is 2. The highest BCUT2D eigenvalue weighted by atomic mass is 32.2. The van der Waals surface area contributed by atoms with Crippen LogP contribution in [0.4, 0.5) is 13.6 Å². The smallest absolute Gasteiger partial charge is 0.326 e. The van der Waals surface area contributed by atoms with Crippen LogP contribution < -0.4 is 26.2 Å². The predicted octanol–water partition coefficient (Wildman–Crippen LogP) is 1.93. The molecule has 0 fully saturated rings. The maximum atomic E-state index is 14.5. The highest BCUT2D eigenvalue weighted by molar-refractivity contribution is 7.83. The van der Waals surface area contributed by atoms with Gasteiger partial charge in [-0.1, -0.05) is 0 Å². The Balaban J connectivity index is 2.09. The number of carbonyl (C=O) groups excluding carboxylic acids is 2. The minimum atomic E-state index is -1.86. The predicted molar refractivity (Wildman–Crippen MR) is 122 cm³/mol. The molecule has 2 rings (SSSR count). The van der Waals surface area contributed by atoms with E-state index in [9.17, 15) is 22.6 Å². The van der Waals surface area contributed by atoms with Crippen molar-refractivity contribution in [2.75, 3.05) is 20.3 Å². The number of amides is 3. The first kappa shape index (κ1) is 26.4. The van der Waals surface area contributed by atoms with Crippen LogP contribution in [0.2, 0.25) is 0 Å². The fourth-order valence-corrected chi connectivity index (χ4v) is 3.21. The third kappa shape index (κ3) is 7.94. The number of benzene rings is 2. The monoisotopic (exact) mass is 495 g/mol. The lowest BCUT2D eigenvalue weighted by atomic mass is 10.1. The Bertz CT molecular complexity index is 1110. The van der Waals surface area contributed by atoms with Crippen LogP contribution in [0, 0.1) is 11.6 Å². The molecule has 34 heavy (non-hydrogen) atoms. The molecule has 0 radical (unpaired) electrons. The Hall–Kier alpha value is -3.84. The number of nitrogens with two attached hydrogens (primary N) is 2. The molecule has 0 spiro atoms. The number of halogens is 2. The van der Waals surface area contributed by atoms with E-state index in [4.69, 9.17) is 20.9 Å². The van der Waals surface area contributed by atoms with Gasteiger partial charge in [0.15, 0.2) is 34.3 Å². The molecule has 3 amide bonds. The number of hydrogen-bond acceptors (Lipinski definition) is 5. The molecule has 0 aromatic heterocycles. The number of urea groups is 1. The van der Waals surface area contributed by atoms with Crippen molar-refractivity contribution in [3.05, 3.63) is 59.2 Å². The summed E-state index contributed by atoms with van der Waals surface area (Å²) in [7, 11) is -0.388. The van der Waals surface area contributed by atoms with Crippen LogP contribution in [-0.2, 0) is 20.5 Å². The van der Waals surface area contributed by atoms with Gasteiger partial charge in [-0.25, -0.2) is 17.8 Å². The molecule has 0 bridgehead atoms. The summed E-state index contributed by atoms with van der Waals surface area (Å²) in [4.78, 5) is 27.0. The van der Waals surface area contributed by atoms with E-state index < -0.39 is 46.3 Å². The van der Waals surface area contributed by atoms with E-state index in [0.29, 0.717) is 6.61 Å². The van der Waals surface area contributed by atoms with Crippen LogP contribution in [0.25, 0.3) is 6.08 Å². The molecule has 1 unspecified atom stereocenters. The lowest BCUT2D eigenvalue weighted by molar-refractivity contribution is -0.114. The minimum absolute atomic E-state index is 0.0552. The van der Waals surface area contributed by atoms with Crippen molar-refractivity contribution >= 4 is 35.0 Å². The molecule has 2 aromatic carbocycles. The average molecular weight is 496 g/mol.